The number of fused-ring (bicyclic) bond motifs is 1. The highest BCUT2D eigenvalue weighted by Gasteiger charge is 2.20. The lowest BCUT2D eigenvalue weighted by molar-refractivity contribution is -0.130. The zero-order valence-corrected chi connectivity index (χ0v) is 14.5. The lowest BCUT2D eigenvalue weighted by atomic mass is 10.1. The average Bonchev–Trinajstić information content (AvgIpc) is 2.89. The van der Waals surface area contributed by atoms with Crippen molar-refractivity contribution >= 4 is 22.5 Å². The van der Waals surface area contributed by atoms with Gasteiger partial charge < -0.3 is 9.80 Å². The van der Waals surface area contributed by atoms with E-state index in [1.807, 2.05) is 29.2 Å². The fourth-order valence-electron chi connectivity index (χ4n) is 3.49. The number of aromatic nitrogens is 2. The van der Waals surface area contributed by atoms with Gasteiger partial charge in [-0.15, -0.1) is 0 Å². The number of rotatable bonds is 3. The second-order valence-electron chi connectivity index (χ2n) is 6.59. The Bertz CT molecular complexity index is 906. The molecule has 134 valence electrons. The minimum Gasteiger partial charge on any atom is -0.370 e. The molecule has 5 nitrogen and oxygen atoms in total. The summed E-state index contributed by atoms with van der Waals surface area (Å²) in [5, 5.41) is 8.26. The molecule has 0 atom stereocenters. The number of nitrogens with zero attached hydrogens (tertiary/aromatic N) is 3. The first kappa shape index (κ1) is 16.6. The average molecular weight is 352 g/mol. The summed E-state index contributed by atoms with van der Waals surface area (Å²) in [7, 11) is 0. The SMILES string of the molecule is O=C(Cc1[nH]nc2ccccc12)N1CCCN(c2ccc(F)cc2)CC1. The van der Waals surface area contributed by atoms with Crippen LogP contribution >= 0.6 is 0 Å². The van der Waals surface area contributed by atoms with Crippen molar-refractivity contribution in [2.45, 2.75) is 12.8 Å². The Morgan fingerprint density at radius 1 is 1.04 bits per heavy atom. The Balaban J connectivity index is 1.42. The molecular formula is C20H21FN4O. The Hall–Kier alpha value is -2.89. The summed E-state index contributed by atoms with van der Waals surface area (Å²) in [6.07, 6.45) is 1.23. The molecule has 1 saturated heterocycles. The van der Waals surface area contributed by atoms with E-state index >= 15 is 0 Å². The van der Waals surface area contributed by atoms with Crippen molar-refractivity contribution in [2.24, 2.45) is 0 Å². The predicted molar refractivity (Wildman–Crippen MR) is 99.6 cm³/mol. The van der Waals surface area contributed by atoms with Gasteiger partial charge in [-0.05, 0) is 36.8 Å². The maximum Gasteiger partial charge on any atom is 0.228 e. The number of anilines is 1. The number of carbonyl (C=O) groups is 1. The number of H-pyrrole nitrogens is 1. The normalized spacial score (nSPS) is 15.3. The number of halogens is 1. The van der Waals surface area contributed by atoms with Gasteiger partial charge in [0.1, 0.15) is 5.82 Å². The van der Waals surface area contributed by atoms with Gasteiger partial charge in [0.05, 0.1) is 17.6 Å². The molecule has 0 unspecified atom stereocenters. The van der Waals surface area contributed by atoms with Crippen molar-refractivity contribution in [3.63, 3.8) is 0 Å². The van der Waals surface area contributed by atoms with Gasteiger partial charge in [0.15, 0.2) is 0 Å². The number of carbonyl (C=O) groups excluding carboxylic acids is 1. The first-order valence-corrected chi connectivity index (χ1v) is 8.91. The number of hydrogen-bond donors (Lipinski definition) is 1. The Labute approximate surface area is 151 Å². The molecule has 26 heavy (non-hydrogen) atoms. The van der Waals surface area contributed by atoms with Crippen molar-refractivity contribution in [1.29, 1.82) is 0 Å². The smallest absolute Gasteiger partial charge is 0.228 e. The second-order valence-corrected chi connectivity index (χ2v) is 6.59. The first-order chi connectivity index (χ1) is 12.7. The molecule has 1 aliphatic rings. The summed E-state index contributed by atoms with van der Waals surface area (Å²) in [4.78, 5) is 16.9. The Morgan fingerprint density at radius 2 is 1.85 bits per heavy atom. The number of aromatic amines is 1. The van der Waals surface area contributed by atoms with E-state index < -0.39 is 0 Å². The molecule has 1 aliphatic heterocycles. The van der Waals surface area contributed by atoms with Gasteiger partial charge in [0.25, 0.3) is 0 Å². The molecule has 1 aromatic heterocycles. The molecule has 1 N–H and O–H groups in total. The molecule has 1 amide bonds. The molecule has 2 heterocycles. The van der Waals surface area contributed by atoms with Crippen LogP contribution in [0.4, 0.5) is 10.1 Å². The third-order valence-corrected chi connectivity index (χ3v) is 4.91. The van der Waals surface area contributed by atoms with Crippen molar-refractivity contribution in [1.82, 2.24) is 15.1 Å². The monoisotopic (exact) mass is 352 g/mol. The predicted octanol–water partition coefficient (Wildman–Crippen LogP) is 2.98. The molecule has 0 spiro atoms. The largest absolute Gasteiger partial charge is 0.370 e. The van der Waals surface area contributed by atoms with Gasteiger partial charge in [0.2, 0.25) is 5.91 Å². The van der Waals surface area contributed by atoms with Gasteiger partial charge in [-0.2, -0.15) is 5.10 Å². The highest BCUT2D eigenvalue weighted by atomic mass is 19.1. The highest BCUT2D eigenvalue weighted by molar-refractivity contribution is 5.87. The number of amides is 1. The van der Waals surface area contributed by atoms with Crippen molar-refractivity contribution in [3.05, 3.63) is 60.0 Å². The lowest BCUT2D eigenvalue weighted by Gasteiger charge is -2.23. The Morgan fingerprint density at radius 3 is 2.69 bits per heavy atom. The van der Waals surface area contributed by atoms with Crippen molar-refractivity contribution < 1.29 is 9.18 Å². The van der Waals surface area contributed by atoms with Crippen LogP contribution in [-0.4, -0.2) is 47.2 Å². The number of benzene rings is 2. The lowest BCUT2D eigenvalue weighted by Crippen LogP contribution is -2.36. The van der Waals surface area contributed by atoms with Crippen LogP contribution in [0.3, 0.4) is 0 Å². The highest BCUT2D eigenvalue weighted by Crippen LogP contribution is 2.19. The molecule has 0 bridgehead atoms. The van der Waals surface area contributed by atoms with Gasteiger partial charge in [-0.3, -0.25) is 9.89 Å². The Kier molecular flexibility index (Phi) is 4.56. The summed E-state index contributed by atoms with van der Waals surface area (Å²) in [6, 6.07) is 14.4. The van der Waals surface area contributed by atoms with E-state index in [4.69, 9.17) is 0 Å². The summed E-state index contributed by atoms with van der Waals surface area (Å²) in [5.41, 5.74) is 2.75. The molecule has 4 rings (SSSR count). The third-order valence-electron chi connectivity index (χ3n) is 4.91. The summed E-state index contributed by atoms with van der Waals surface area (Å²) >= 11 is 0. The van der Waals surface area contributed by atoms with Gasteiger partial charge in [-0.1, -0.05) is 18.2 Å². The van der Waals surface area contributed by atoms with E-state index in [1.54, 1.807) is 12.1 Å². The molecule has 3 aromatic rings. The van der Waals surface area contributed by atoms with Crippen LogP contribution in [0.1, 0.15) is 12.1 Å². The molecule has 1 fully saturated rings. The van der Waals surface area contributed by atoms with Crippen LogP contribution in [0.5, 0.6) is 0 Å². The molecule has 0 aliphatic carbocycles. The van der Waals surface area contributed by atoms with Crippen molar-refractivity contribution in [2.75, 3.05) is 31.1 Å². The van der Waals surface area contributed by atoms with Crippen LogP contribution in [-0.2, 0) is 11.2 Å². The fourth-order valence-corrected chi connectivity index (χ4v) is 3.49. The maximum atomic E-state index is 13.1. The van der Waals surface area contributed by atoms with Gasteiger partial charge >= 0.3 is 0 Å². The number of para-hydroxylation sites is 1. The van der Waals surface area contributed by atoms with Gasteiger partial charge in [0, 0.05) is 37.3 Å². The minimum absolute atomic E-state index is 0.111. The van der Waals surface area contributed by atoms with Crippen LogP contribution < -0.4 is 4.90 Å². The van der Waals surface area contributed by atoms with Crippen LogP contribution in [0.2, 0.25) is 0 Å². The van der Waals surface area contributed by atoms with Crippen molar-refractivity contribution in [3.8, 4) is 0 Å². The van der Waals surface area contributed by atoms with E-state index in [0.717, 1.165) is 48.3 Å². The van der Waals surface area contributed by atoms with E-state index in [-0.39, 0.29) is 11.7 Å². The van der Waals surface area contributed by atoms with E-state index in [2.05, 4.69) is 15.1 Å². The maximum absolute atomic E-state index is 13.1. The van der Waals surface area contributed by atoms with Gasteiger partial charge in [-0.25, -0.2) is 4.39 Å². The fraction of sp³-hybridized carbons (Fsp3) is 0.300. The third kappa shape index (κ3) is 3.40. The first-order valence-electron chi connectivity index (χ1n) is 8.91. The topological polar surface area (TPSA) is 52.2 Å². The van der Waals surface area contributed by atoms with Crippen LogP contribution in [0, 0.1) is 5.82 Å². The molecule has 0 saturated carbocycles. The molecule has 2 aromatic carbocycles. The summed E-state index contributed by atoms with van der Waals surface area (Å²) in [5.74, 6) is -0.118. The van der Waals surface area contributed by atoms with E-state index in [0.29, 0.717) is 13.0 Å². The van der Waals surface area contributed by atoms with Crippen LogP contribution in [0.15, 0.2) is 48.5 Å². The summed E-state index contributed by atoms with van der Waals surface area (Å²) < 4.78 is 13.1. The van der Waals surface area contributed by atoms with Crippen LogP contribution in [0.25, 0.3) is 10.9 Å². The molecule has 6 heteroatoms. The number of hydrogen-bond acceptors (Lipinski definition) is 3. The van der Waals surface area contributed by atoms with E-state index in [1.165, 1.54) is 12.1 Å². The zero-order valence-electron chi connectivity index (χ0n) is 14.5. The summed E-state index contributed by atoms with van der Waals surface area (Å²) in [6.45, 7) is 3.02. The minimum atomic E-state index is -0.229. The number of nitrogens with one attached hydrogen (secondary N) is 1. The second kappa shape index (κ2) is 7.15. The quantitative estimate of drug-likeness (QED) is 0.788. The standard InChI is InChI=1S/C20H21FN4O/c21-15-6-8-16(9-7-15)24-10-3-11-25(13-12-24)20(26)14-19-17-4-1-2-5-18(17)22-23-19/h1-2,4-9H,3,10-14H2,(H,22,23). The molecule has 0 radical (unpaired) electrons. The molecular weight excluding hydrogens is 331 g/mol. The van der Waals surface area contributed by atoms with E-state index in [9.17, 15) is 9.18 Å². The zero-order chi connectivity index (χ0) is 17.9.